The monoisotopic (exact) mass is 271 g/mol. The van der Waals surface area contributed by atoms with Gasteiger partial charge in [-0.05, 0) is 32.4 Å². The molecule has 18 heavy (non-hydrogen) atoms. The lowest BCUT2D eigenvalue weighted by molar-refractivity contribution is 0.409. The van der Waals surface area contributed by atoms with Gasteiger partial charge in [0.05, 0.1) is 17.6 Å². The van der Waals surface area contributed by atoms with E-state index in [2.05, 4.69) is 0 Å². The van der Waals surface area contributed by atoms with Crippen LogP contribution < -0.4 is 10.5 Å². The minimum atomic E-state index is -3.18. The number of sulfone groups is 1. The Hall–Kier alpha value is -1.07. The summed E-state index contributed by atoms with van der Waals surface area (Å²) >= 11 is 0. The van der Waals surface area contributed by atoms with Crippen molar-refractivity contribution in [3.63, 3.8) is 0 Å². The van der Waals surface area contributed by atoms with E-state index in [1.165, 1.54) is 0 Å². The number of benzene rings is 1. The first-order valence-corrected chi connectivity index (χ1v) is 7.44. The molecule has 5 heteroatoms. The van der Waals surface area contributed by atoms with Crippen molar-refractivity contribution in [1.82, 2.24) is 0 Å². The smallest absolute Gasteiger partial charge is 0.159 e. The third kappa shape index (κ3) is 3.23. The summed E-state index contributed by atoms with van der Waals surface area (Å²) in [6.07, 6.45) is 0. The lowest BCUT2D eigenvalue weighted by Gasteiger charge is -2.19. The normalized spacial score (nSPS) is 12.5. The van der Waals surface area contributed by atoms with Crippen molar-refractivity contribution in [3.8, 4) is 5.75 Å². The number of methoxy groups -OCH3 is 1. The average Bonchev–Trinajstić information content (AvgIpc) is 2.26. The summed E-state index contributed by atoms with van der Waals surface area (Å²) in [6, 6.07) is 5.34. The molecule has 0 aliphatic heterocycles. The first-order valence-electron chi connectivity index (χ1n) is 5.79. The fraction of sp³-hybridized carbons (Fsp3) is 0.538. The van der Waals surface area contributed by atoms with E-state index >= 15 is 0 Å². The molecule has 0 saturated carbocycles. The molecule has 0 unspecified atom stereocenters. The third-order valence-corrected chi connectivity index (χ3v) is 5.44. The molecule has 0 aromatic heterocycles. The van der Waals surface area contributed by atoms with Crippen LogP contribution >= 0.6 is 0 Å². The van der Waals surface area contributed by atoms with E-state index in [1.807, 2.05) is 6.07 Å². The Bertz CT molecular complexity index is 516. The fourth-order valence-corrected chi connectivity index (χ4v) is 2.53. The highest BCUT2D eigenvalue weighted by Crippen LogP contribution is 2.25. The number of nitrogens with two attached hydrogens (primary N) is 1. The fourth-order valence-electron chi connectivity index (χ4n) is 1.48. The van der Waals surface area contributed by atoms with Crippen LogP contribution in [-0.4, -0.2) is 20.3 Å². The van der Waals surface area contributed by atoms with Crippen molar-refractivity contribution >= 4 is 9.84 Å². The van der Waals surface area contributed by atoms with E-state index < -0.39 is 14.6 Å². The molecule has 0 spiro atoms. The van der Waals surface area contributed by atoms with Crippen LogP contribution in [0.4, 0.5) is 0 Å². The predicted octanol–water partition coefficient (Wildman–Crippen LogP) is 1.87. The molecule has 2 N–H and O–H groups in total. The van der Waals surface area contributed by atoms with Gasteiger partial charge in [-0.2, -0.15) is 0 Å². The van der Waals surface area contributed by atoms with Gasteiger partial charge in [-0.25, -0.2) is 8.42 Å². The zero-order valence-electron chi connectivity index (χ0n) is 11.4. The summed E-state index contributed by atoms with van der Waals surface area (Å²) in [5.41, 5.74) is 7.17. The average molecular weight is 271 g/mol. The van der Waals surface area contributed by atoms with Gasteiger partial charge in [0.15, 0.2) is 9.84 Å². The Morgan fingerprint density at radius 2 is 1.89 bits per heavy atom. The van der Waals surface area contributed by atoms with E-state index in [9.17, 15) is 8.42 Å². The van der Waals surface area contributed by atoms with Crippen LogP contribution in [0.15, 0.2) is 18.2 Å². The minimum Gasteiger partial charge on any atom is -0.496 e. The highest BCUT2D eigenvalue weighted by Gasteiger charge is 2.29. The highest BCUT2D eigenvalue weighted by molar-refractivity contribution is 7.91. The van der Waals surface area contributed by atoms with Crippen LogP contribution in [0.25, 0.3) is 0 Å². The largest absolute Gasteiger partial charge is 0.496 e. The van der Waals surface area contributed by atoms with Gasteiger partial charge in [-0.15, -0.1) is 0 Å². The molecule has 0 fully saturated rings. The second-order valence-corrected chi connectivity index (χ2v) is 7.96. The molecule has 0 saturated heterocycles. The summed E-state index contributed by atoms with van der Waals surface area (Å²) in [6.45, 7) is 5.48. The molecule has 1 rings (SSSR count). The molecule has 0 bridgehead atoms. The third-order valence-electron chi connectivity index (χ3n) is 2.86. The summed E-state index contributed by atoms with van der Waals surface area (Å²) < 4.78 is 28.7. The molecule has 0 heterocycles. The van der Waals surface area contributed by atoms with Gasteiger partial charge in [0.2, 0.25) is 0 Å². The molecule has 0 amide bonds. The molecule has 4 nitrogen and oxygen atoms in total. The molecule has 0 radical (unpaired) electrons. The Morgan fingerprint density at radius 3 is 2.33 bits per heavy atom. The molecule has 1 aromatic carbocycles. The van der Waals surface area contributed by atoms with Gasteiger partial charge in [0.25, 0.3) is 0 Å². The Labute approximate surface area is 109 Å². The van der Waals surface area contributed by atoms with Crippen LogP contribution in [0, 0.1) is 0 Å². The van der Waals surface area contributed by atoms with E-state index in [1.54, 1.807) is 40.0 Å². The maximum atomic E-state index is 12.1. The van der Waals surface area contributed by atoms with Gasteiger partial charge in [-0.3, -0.25) is 0 Å². The summed E-state index contributed by atoms with van der Waals surface area (Å²) in [5, 5.41) is 0. The summed E-state index contributed by atoms with van der Waals surface area (Å²) in [5.74, 6) is 0.650. The maximum absolute atomic E-state index is 12.1. The van der Waals surface area contributed by atoms with E-state index in [4.69, 9.17) is 10.5 Å². The SMILES string of the molecule is COc1cc(CS(=O)(=O)C(C)(C)C)ccc1CN. The van der Waals surface area contributed by atoms with Crippen molar-refractivity contribution in [2.24, 2.45) is 5.73 Å². The predicted molar refractivity (Wildman–Crippen MR) is 73.3 cm³/mol. The topological polar surface area (TPSA) is 69.4 Å². The van der Waals surface area contributed by atoms with Crippen LogP contribution in [0.2, 0.25) is 0 Å². The Morgan fingerprint density at radius 1 is 1.28 bits per heavy atom. The van der Waals surface area contributed by atoms with E-state index in [0.717, 1.165) is 11.1 Å². The second-order valence-electron chi connectivity index (χ2n) is 5.22. The first kappa shape index (κ1) is 15.0. The molecular formula is C13H21NO3S. The number of ether oxygens (including phenoxy) is 1. The maximum Gasteiger partial charge on any atom is 0.159 e. The standard InChI is InChI=1S/C13H21NO3S/c1-13(2,3)18(15,16)9-10-5-6-11(8-14)12(7-10)17-4/h5-7H,8-9,14H2,1-4H3. The number of hydrogen-bond acceptors (Lipinski definition) is 4. The Kier molecular flexibility index (Phi) is 4.40. The van der Waals surface area contributed by atoms with Crippen LogP contribution in [0.3, 0.4) is 0 Å². The molecule has 0 aliphatic rings. The first-order chi connectivity index (χ1) is 8.21. The van der Waals surface area contributed by atoms with Gasteiger partial charge >= 0.3 is 0 Å². The van der Waals surface area contributed by atoms with E-state index in [-0.39, 0.29) is 5.75 Å². The van der Waals surface area contributed by atoms with Crippen molar-refractivity contribution in [2.75, 3.05) is 7.11 Å². The quantitative estimate of drug-likeness (QED) is 0.907. The van der Waals surface area contributed by atoms with Crippen LogP contribution in [-0.2, 0) is 22.1 Å². The zero-order chi connectivity index (χ0) is 14.0. The van der Waals surface area contributed by atoms with Crippen molar-refractivity contribution in [1.29, 1.82) is 0 Å². The summed E-state index contributed by atoms with van der Waals surface area (Å²) in [4.78, 5) is 0. The molecule has 1 aromatic rings. The number of hydrogen-bond donors (Lipinski definition) is 1. The second kappa shape index (κ2) is 5.28. The van der Waals surface area contributed by atoms with Gasteiger partial charge < -0.3 is 10.5 Å². The van der Waals surface area contributed by atoms with Gasteiger partial charge in [0, 0.05) is 12.1 Å². The summed E-state index contributed by atoms with van der Waals surface area (Å²) in [7, 11) is -1.63. The molecule has 102 valence electrons. The van der Waals surface area contributed by atoms with Crippen molar-refractivity contribution in [2.45, 2.75) is 37.8 Å². The lowest BCUT2D eigenvalue weighted by Crippen LogP contribution is -2.29. The van der Waals surface area contributed by atoms with Crippen LogP contribution in [0.1, 0.15) is 31.9 Å². The molecular weight excluding hydrogens is 250 g/mol. The van der Waals surface area contributed by atoms with E-state index in [0.29, 0.717) is 12.3 Å². The van der Waals surface area contributed by atoms with Gasteiger partial charge in [-0.1, -0.05) is 12.1 Å². The van der Waals surface area contributed by atoms with Crippen molar-refractivity contribution in [3.05, 3.63) is 29.3 Å². The zero-order valence-corrected chi connectivity index (χ0v) is 12.2. The Balaban J connectivity index is 3.07. The molecule has 0 atom stereocenters. The van der Waals surface area contributed by atoms with Gasteiger partial charge in [0.1, 0.15) is 5.75 Å². The highest BCUT2D eigenvalue weighted by atomic mass is 32.2. The molecule has 0 aliphatic carbocycles. The van der Waals surface area contributed by atoms with Crippen molar-refractivity contribution < 1.29 is 13.2 Å². The van der Waals surface area contributed by atoms with Crippen LogP contribution in [0.5, 0.6) is 5.75 Å². The number of rotatable bonds is 4. The minimum absolute atomic E-state index is 0.0116. The lowest BCUT2D eigenvalue weighted by atomic mass is 10.1.